The predicted molar refractivity (Wildman–Crippen MR) is 113 cm³/mol. The molecule has 0 saturated heterocycles. The quantitative estimate of drug-likeness (QED) is 0.487. The van der Waals surface area contributed by atoms with E-state index >= 15 is 0 Å². The first-order chi connectivity index (χ1) is 14.8. The van der Waals surface area contributed by atoms with Crippen LogP contribution in [0.25, 0.3) is 0 Å². The lowest BCUT2D eigenvalue weighted by molar-refractivity contribution is -0.118. The van der Waals surface area contributed by atoms with Crippen molar-refractivity contribution in [3.05, 3.63) is 52.1 Å². The molecule has 164 valence electrons. The molecule has 0 atom stereocenters. The molecule has 1 aromatic heterocycles. The first-order valence-electron chi connectivity index (χ1n) is 10.5. The number of carbonyl (C=O) groups excluding carboxylic acids is 3. The molecule has 2 aliphatic rings. The van der Waals surface area contributed by atoms with Crippen molar-refractivity contribution in [2.45, 2.75) is 58.0 Å². The van der Waals surface area contributed by atoms with Crippen molar-refractivity contribution >= 4 is 23.3 Å². The van der Waals surface area contributed by atoms with Gasteiger partial charge in [0.1, 0.15) is 5.82 Å². The minimum absolute atomic E-state index is 0.206. The third-order valence-corrected chi connectivity index (χ3v) is 6.26. The Hall–Kier alpha value is -3.00. The number of ketones is 1. The van der Waals surface area contributed by atoms with Crippen LogP contribution in [0, 0.1) is 19.7 Å². The number of Topliss-reactive ketones (excluding diaryl/α,β-unsaturated/α-hetero) is 1. The predicted octanol–water partition coefficient (Wildman–Crippen LogP) is 2.66. The van der Waals surface area contributed by atoms with E-state index in [1.807, 2.05) is 0 Å². The van der Waals surface area contributed by atoms with Crippen molar-refractivity contribution in [2.75, 3.05) is 11.9 Å². The summed E-state index contributed by atoms with van der Waals surface area (Å²) in [5.74, 6) is -2.20. The lowest BCUT2D eigenvalue weighted by Gasteiger charge is -2.19. The Balaban J connectivity index is 1.66. The largest absolute Gasteiger partial charge is 0.394 e. The van der Waals surface area contributed by atoms with Crippen LogP contribution in [0.3, 0.4) is 0 Å². The maximum absolute atomic E-state index is 13.6. The summed E-state index contributed by atoms with van der Waals surface area (Å²) in [7, 11) is 0. The lowest BCUT2D eigenvalue weighted by atomic mass is 10.0. The molecule has 31 heavy (non-hydrogen) atoms. The number of nitrogens with one attached hydrogen (secondary N) is 2. The number of anilines is 1. The summed E-state index contributed by atoms with van der Waals surface area (Å²) in [5, 5.41) is 14.9. The zero-order valence-electron chi connectivity index (χ0n) is 17.7. The van der Waals surface area contributed by atoms with Gasteiger partial charge in [-0.1, -0.05) is 0 Å². The summed E-state index contributed by atoms with van der Waals surface area (Å²) in [5.41, 5.74) is 1.99. The number of amides is 2. The van der Waals surface area contributed by atoms with Crippen LogP contribution in [0.2, 0.25) is 0 Å². The first-order valence-corrected chi connectivity index (χ1v) is 10.5. The zero-order chi connectivity index (χ0) is 22.3. The van der Waals surface area contributed by atoms with Crippen LogP contribution in [0.15, 0.2) is 18.2 Å². The first kappa shape index (κ1) is 21.2. The number of halogens is 1. The molecule has 0 bridgehead atoms. The highest BCUT2D eigenvalue weighted by atomic mass is 19.1. The summed E-state index contributed by atoms with van der Waals surface area (Å²) in [6, 6.07) is 4.33. The summed E-state index contributed by atoms with van der Waals surface area (Å²) in [4.78, 5) is 38.8. The monoisotopic (exact) mass is 427 g/mol. The van der Waals surface area contributed by atoms with E-state index in [9.17, 15) is 23.9 Å². The number of aliphatic hydroxyl groups is 1. The van der Waals surface area contributed by atoms with Crippen LogP contribution in [-0.2, 0) is 17.8 Å². The lowest BCUT2D eigenvalue weighted by Crippen LogP contribution is -2.44. The number of carbonyl (C=O) groups is 3. The minimum Gasteiger partial charge on any atom is -0.394 e. The molecule has 0 spiro atoms. The zero-order valence-corrected chi connectivity index (χ0v) is 17.7. The molecule has 1 aromatic carbocycles. The highest BCUT2D eigenvalue weighted by Crippen LogP contribution is 2.35. The molecular weight excluding hydrogens is 401 g/mol. The smallest absolute Gasteiger partial charge is 0.294 e. The van der Waals surface area contributed by atoms with Gasteiger partial charge in [0.15, 0.2) is 0 Å². The van der Waals surface area contributed by atoms with Crippen LogP contribution in [0.1, 0.15) is 63.4 Å². The van der Waals surface area contributed by atoms with Gasteiger partial charge in [0.2, 0.25) is 0 Å². The SMILES string of the molecule is Cc1cc(NC(=O)c2c(C)c(C(=O)C(=O)NC3(CO)CC3)n3c2CCCC3)ccc1F. The maximum Gasteiger partial charge on any atom is 0.294 e. The summed E-state index contributed by atoms with van der Waals surface area (Å²) >= 11 is 0. The van der Waals surface area contributed by atoms with Crippen molar-refractivity contribution in [3.63, 3.8) is 0 Å². The molecule has 0 radical (unpaired) electrons. The van der Waals surface area contributed by atoms with E-state index in [1.165, 1.54) is 12.1 Å². The van der Waals surface area contributed by atoms with Crippen molar-refractivity contribution in [1.29, 1.82) is 0 Å². The molecule has 4 rings (SSSR count). The second-order valence-electron chi connectivity index (χ2n) is 8.54. The molecular formula is C23H26FN3O4. The molecule has 1 saturated carbocycles. The second-order valence-corrected chi connectivity index (χ2v) is 8.54. The van der Waals surface area contributed by atoms with Crippen molar-refractivity contribution in [1.82, 2.24) is 9.88 Å². The highest BCUT2D eigenvalue weighted by molar-refractivity contribution is 6.43. The van der Waals surface area contributed by atoms with Crippen LogP contribution in [-0.4, -0.2) is 39.4 Å². The van der Waals surface area contributed by atoms with E-state index in [4.69, 9.17) is 0 Å². The van der Waals surface area contributed by atoms with Gasteiger partial charge in [0.25, 0.3) is 17.6 Å². The fourth-order valence-corrected chi connectivity index (χ4v) is 4.27. The number of fused-ring (bicyclic) bond motifs is 1. The van der Waals surface area contributed by atoms with E-state index in [-0.39, 0.29) is 24.0 Å². The van der Waals surface area contributed by atoms with Crippen LogP contribution in [0.5, 0.6) is 0 Å². The van der Waals surface area contributed by atoms with Gasteiger partial charge in [-0.15, -0.1) is 0 Å². The highest BCUT2D eigenvalue weighted by Gasteiger charge is 2.45. The van der Waals surface area contributed by atoms with Gasteiger partial charge in [-0.05, 0) is 75.3 Å². The average molecular weight is 427 g/mol. The van der Waals surface area contributed by atoms with E-state index in [0.29, 0.717) is 48.2 Å². The second kappa shape index (κ2) is 7.92. The Bertz CT molecular complexity index is 1080. The van der Waals surface area contributed by atoms with E-state index in [2.05, 4.69) is 10.6 Å². The van der Waals surface area contributed by atoms with Crippen molar-refractivity contribution in [2.24, 2.45) is 0 Å². The van der Waals surface area contributed by atoms with E-state index in [0.717, 1.165) is 18.5 Å². The maximum atomic E-state index is 13.6. The van der Waals surface area contributed by atoms with Gasteiger partial charge in [0.05, 0.1) is 23.4 Å². The number of benzene rings is 1. The van der Waals surface area contributed by atoms with Crippen molar-refractivity contribution < 1.29 is 23.9 Å². The van der Waals surface area contributed by atoms with Crippen LogP contribution < -0.4 is 10.6 Å². The topological polar surface area (TPSA) is 100 Å². The minimum atomic E-state index is -0.762. The molecule has 1 fully saturated rings. The normalized spacial score (nSPS) is 16.4. The van der Waals surface area contributed by atoms with Gasteiger partial charge in [0, 0.05) is 17.9 Å². The summed E-state index contributed by atoms with van der Waals surface area (Å²) < 4.78 is 15.3. The fourth-order valence-electron chi connectivity index (χ4n) is 4.27. The van der Waals surface area contributed by atoms with Gasteiger partial charge in [-0.2, -0.15) is 0 Å². The molecule has 2 aromatic rings. The summed E-state index contributed by atoms with van der Waals surface area (Å²) in [6.07, 6.45) is 3.63. The Labute approximate surface area is 179 Å². The third-order valence-electron chi connectivity index (χ3n) is 6.26. The van der Waals surface area contributed by atoms with E-state index in [1.54, 1.807) is 24.5 Å². The van der Waals surface area contributed by atoms with Gasteiger partial charge in [-0.3, -0.25) is 14.4 Å². The van der Waals surface area contributed by atoms with Gasteiger partial charge in [-0.25, -0.2) is 4.39 Å². The Morgan fingerprint density at radius 2 is 1.94 bits per heavy atom. The Morgan fingerprint density at radius 3 is 2.58 bits per heavy atom. The standard InChI is InChI=1S/C23H26FN3O4/c1-13-11-15(6-7-16(13)24)25-21(30)18-14(2)19(27-10-4-3-5-17(18)27)20(29)22(31)26-23(12-28)8-9-23/h6-7,11,28H,3-5,8-10,12H2,1-2H3,(H,25,30)(H,26,31). The Morgan fingerprint density at radius 1 is 1.19 bits per heavy atom. The van der Waals surface area contributed by atoms with Crippen molar-refractivity contribution in [3.8, 4) is 0 Å². The third kappa shape index (κ3) is 3.87. The molecule has 8 heteroatoms. The number of aliphatic hydroxyl groups excluding tert-OH is 1. The molecule has 3 N–H and O–H groups in total. The molecule has 0 unspecified atom stereocenters. The van der Waals surface area contributed by atoms with Gasteiger partial charge >= 0.3 is 0 Å². The van der Waals surface area contributed by atoms with E-state index < -0.39 is 17.2 Å². The number of nitrogens with zero attached hydrogens (tertiary/aromatic N) is 1. The van der Waals surface area contributed by atoms with Gasteiger partial charge < -0.3 is 20.3 Å². The molecule has 1 aliphatic heterocycles. The number of rotatable bonds is 6. The van der Waals surface area contributed by atoms with Crippen LogP contribution in [0.4, 0.5) is 10.1 Å². The number of hydrogen-bond acceptors (Lipinski definition) is 4. The molecule has 1 aliphatic carbocycles. The average Bonchev–Trinajstić information content (AvgIpc) is 3.45. The number of aryl methyl sites for hydroxylation is 1. The van der Waals surface area contributed by atoms with Crippen LogP contribution >= 0.6 is 0 Å². The molecule has 2 heterocycles. The Kier molecular flexibility index (Phi) is 5.43. The summed E-state index contributed by atoms with van der Waals surface area (Å²) in [6.45, 7) is 3.64. The number of aromatic nitrogens is 1. The molecule has 2 amide bonds. The molecule has 7 nitrogen and oxygen atoms in total. The number of hydrogen-bond donors (Lipinski definition) is 3. The fraction of sp³-hybridized carbons (Fsp3) is 0.435.